The molecule has 7 nitrogen and oxygen atoms in total. The fourth-order valence-electron chi connectivity index (χ4n) is 1.68. The maximum absolute atomic E-state index is 11.8. The highest BCUT2D eigenvalue weighted by atomic mass is 79.9. The van der Waals surface area contributed by atoms with E-state index in [1.165, 1.54) is 26.2 Å². The number of carbonyl (C=O) groups excluding carboxylic acids is 3. The van der Waals surface area contributed by atoms with Crippen molar-refractivity contribution in [1.82, 2.24) is 10.6 Å². The van der Waals surface area contributed by atoms with Gasteiger partial charge in [0, 0.05) is 22.7 Å². The smallest absolute Gasteiger partial charge is 0.331 e. The van der Waals surface area contributed by atoms with Crippen LogP contribution in [0.4, 0.5) is 4.79 Å². The average Bonchev–Trinajstić information content (AvgIpc) is 2.53. The van der Waals surface area contributed by atoms with Crippen LogP contribution in [0.1, 0.15) is 19.4 Å². The van der Waals surface area contributed by atoms with E-state index in [0.717, 1.165) is 4.47 Å². The molecule has 0 aliphatic rings. The van der Waals surface area contributed by atoms with Gasteiger partial charge in [-0.3, -0.25) is 10.1 Å². The molecule has 1 rings (SSSR count). The number of hydrogen-bond donors (Lipinski definition) is 2. The highest BCUT2D eigenvalue weighted by molar-refractivity contribution is 9.10. The van der Waals surface area contributed by atoms with E-state index in [0.29, 0.717) is 17.9 Å². The number of amides is 3. The molecular weight excluding hydrogens is 380 g/mol. The van der Waals surface area contributed by atoms with E-state index in [1.807, 2.05) is 6.07 Å². The number of halogens is 1. The topological polar surface area (TPSA) is 93.7 Å². The van der Waals surface area contributed by atoms with Gasteiger partial charge in [-0.25, -0.2) is 9.59 Å². The molecular formula is C16H19BrN2O5. The average molecular weight is 399 g/mol. The highest BCUT2D eigenvalue weighted by Crippen LogP contribution is 2.24. The zero-order chi connectivity index (χ0) is 18.1. The van der Waals surface area contributed by atoms with E-state index in [9.17, 15) is 14.4 Å². The van der Waals surface area contributed by atoms with Crippen LogP contribution in [-0.2, 0) is 14.3 Å². The molecule has 0 bridgehead atoms. The lowest BCUT2D eigenvalue weighted by Gasteiger charge is -2.11. The third kappa shape index (κ3) is 6.41. The van der Waals surface area contributed by atoms with Crippen LogP contribution in [0.5, 0.6) is 5.75 Å². The summed E-state index contributed by atoms with van der Waals surface area (Å²) in [4.78, 5) is 34.7. The number of urea groups is 1. The predicted octanol–water partition coefficient (Wildman–Crippen LogP) is 2.25. The van der Waals surface area contributed by atoms with Crippen molar-refractivity contribution < 1.29 is 23.9 Å². The Hall–Kier alpha value is -2.35. The van der Waals surface area contributed by atoms with Gasteiger partial charge in [0.25, 0.3) is 5.91 Å². The molecule has 0 fully saturated rings. The Bertz CT molecular complexity index is 645. The van der Waals surface area contributed by atoms with Gasteiger partial charge in [-0.2, -0.15) is 0 Å². The Morgan fingerprint density at radius 2 is 2.04 bits per heavy atom. The Labute approximate surface area is 148 Å². The van der Waals surface area contributed by atoms with Crippen LogP contribution in [0.15, 0.2) is 28.7 Å². The van der Waals surface area contributed by atoms with Crippen molar-refractivity contribution in [3.8, 4) is 5.75 Å². The minimum Gasteiger partial charge on any atom is -0.496 e. The summed E-state index contributed by atoms with van der Waals surface area (Å²) in [7, 11) is 1.52. The number of benzene rings is 1. The molecule has 0 heterocycles. The summed E-state index contributed by atoms with van der Waals surface area (Å²) < 4.78 is 11.0. The first-order valence-electron chi connectivity index (χ1n) is 7.18. The van der Waals surface area contributed by atoms with Crippen molar-refractivity contribution in [3.05, 3.63) is 34.3 Å². The summed E-state index contributed by atoms with van der Waals surface area (Å²) in [6.45, 7) is 3.47. The molecule has 24 heavy (non-hydrogen) atoms. The van der Waals surface area contributed by atoms with E-state index < -0.39 is 24.0 Å². The maximum Gasteiger partial charge on any atom is 0.331 e. The minimum atomic E-state index is -1.10. The van der Waals surface area contributed by atoms with Gasteiger partial charge < -0.3 is 14.8 Å². The molecule has 0 saturated heterocycles. The van der Waals surface area contributed by atoms with Gasteiger partial charge in [-0.15, -0.1) is 0 Å². The van der Waals surface area contributed by atoms with Crippen molar-refractivity contribution in [2.24, 2.45) is 0 Å². The first-order chi connectivity index (χ1) is 11.4. The van der Waals surface area contributed by atoms with Crippen molar-refractivity contribution >= 4 is 39.9 Å². The van der Waals surface area contributed by atoms with Gasteiger partial charge in [0.1, 0.15) is 5.75 Å². The predicted molar refractivity (Wildman–Crippen MR) is 92.5 cm³/mol. The standard InChI is InChI=1S/C16H19BrN2O5/c1-4-18-16(22)19-15(21)10(2)24-14(20)8-5-11-9-12(17)6-7-13(11)23-3/h5-10H,4H2,1-3H3,(H2,18,19,21,22)/b8-5+. The van der Waals surface area contributed by atoms with Crippen LogP contribution < -0.4 is 15.4 Å². The molecule has 3 amide bonds. The molecule has 0 spiro atoms. The van der Waals surface area contributed by atoms with Crippen LogP contribution >= 0.6 is 15.9 Å². The van der Waals surface area contributed by atoms with Crippen molar-refractivity contribution in [2.45, 2.75) is 20.0 Å². The van der Waals surface area contributed by atoms with Gasteiger partial charge in [-0.05, 0) is 38.1 Å². The Balaban J connectivity index is 2.64. The summed E-state index contributed by atoms with van der Waals surface area (Å²) in [6, 6.07) is 4.69. The van der Waals surface area contributed by atoms with Crippen LogP contribution in [0, 0.1) is 0 Å². The second-order valence-corrected chi connectivity index (χ2v) is 5.56. The fourth-order valence-corrected chi connectivity index (χ4v) is 2.06. The van der Waals surface area contributed by atoms with Crippen LogP contribution in [0.25, 0.3) is 6.08 Å². The summed E-state index contributed by atoms with van der Waals surface area (Å²) in [5.41, 5.74) is 0.670. The molecule has 1 unspecified atom stereocenters. The highest BCUT2D eigenvalue weighted by Gasteiger charge is 2.18. The van der Waals surface area contributed by atoms with Gasteiger partial charge in [0.2, 0.25) is 0 Å². The second kappa shape index (κ2) is 9.71. The lowest BCUT2D eigenvalue weighted by atomic mass is 10.2. The zero-order valence-electron chi connectivity index (χ0n) is 13.6. The Morgan fingerprint density at radius 3 is 2.67 bits per heavy atom. The lowest BCUT2D eigenvalue weighted by Crippen LogP contribution is -2.44. The summed E-state index contributed by atoms with van der Waals surface area (Å²) >= 11 is 3.33. The molecule has 1 aromatic rings. The van der Waals surface area contributed by atoms with Gasteiger partial charge in [-0.1, -0.05) is 15.9 Å². The van der Waals surface area contributed by atoms with Gasteiger partial charge in [0.15, 0.2) is 6.10 Å². The number of hydrogen-bond acceptors (Lipinski definition) is 5. The fraction of sp³-hybridized carbons (Fsp3) is 0.312. The lowest BCUT2D eigenvalue weighted by molar-refractivity contribution is -0.149. The molecule has 0 saturated carbocycles. The van der Waals surface area contributed by atoms with E-state index in [-0.39, 0.29) is 0 Å². The Kier molecular flexibility index (Phi) is 7.97. The number of carbonyl (C=O) groups is 3. The molecule has 1 atom stereocenters. The van der Waals surface area contributed by atoms with Gasteiger partial charge in [0.05, 0.1) is 7.11 Å². The van der Waals surface area contributed by atoms with E-state index in [4.69, 9.17) is 9.47 Å². The first kappa shape index (κ1) is 19.7. The number of nitrogens with one attached hydrogen (secondary N) is 2. The van der Waals surface area contributed by atoms with Crippen molar-refractivity contribution in [3.63, 3.8) is 0 Å². The largest absolute Gasteiger partial charge is 0.496 e. The molecule has 2 N–H and O–H groups in total. The van der Waals surface area contributed by atoms with Crippen molar-refractivity contribution in [1.29, 1.82) is 0 Å². The molecule has 0 aromatic heterocycles. The van der Waals surface area contributed by atoms with E-state index in [2.05, 4.69) is 26.6 Å². The number of ether oxygens (including phenoxy) is 2. The van der Waals surface area contributed by atoms with E-state index in [1.54, 1.807) is 19.1 Å². The zero-order valence-corrected chi connectivity index (χ0v) is 15.2. The van der Waals surface area contributed by atoms with Crippen LogP contribution in [0.3, 0.4) is 0 Å². The Morgan fingerprint density at radius 1 is 1.33 bits per heavy atom. The second-order valence-electron chi connectivity index (χ2n) is 4.65. The van der Waals surface area contributed by atoms with Crippen LogP contribution in [0.2, 0.25) is 0 Å². The number of esters is 1. The quantitative estimate of drug-likeness (QED) is 0.566. The van der Waals surface area contributed by atoms with Crippen LogP contribution in [-0.4, -0.2) is 37.7 Å². The monoisotopic (exact) mass is 398 g/mol. The summed E-state index contributed by atoms with van der Waals surface area (Å²) in [6.07, 6.45) is 1.59. The molecule has 0 radical (unpaired) electrons. The first-order valence-corrected chi connectivity index (χ1v) is 7.97. The summed E-state index contributed by atoms with van der Waals surface area (Å²) in [5, 5.41) is 4.47. The third-order valence-electron chi connectivity index (χ3n) is 2.83. The normalized spacial score (nSPS) is 11.7. The minimum absolute atomic E-state index is 0.379. The molecule has 0 aliphatic heterocycles. The van der Waals surface area contributed by atoms with Gasteiger partial charge >= 0.3 is 12.0 Å². The molecule has 130 valence electrons. The number of rotatable bonds is 6. The third-order valence-corrected chi connectivity index (χ3v) is 3.32. The number of methoxy groups -OCH3 is 1. The molecule has 0 aliphatic carbocycles. The number of imide groups is 1. The SMILES string of the molecule is CCNC(=O)NC(=O)C(C)OC(=O)/C=C/c1cc(Br)ccc1OC. The van der Waals surface area contributed by atoms with Crippen molar-refractivity contribution in [2.75, 3.05) is 13.7 Å². The molecule has 8 heteroatoms. The summed E-state index contributed by atoms with van der Waals surface area (Å²) in [5.74, 6) is -0.831. The maximum atomic E-state index is 11.8. The van der Waals surface area contributed by atoms with E-state index >= 15 is 0 Å². The molecule has 1 aromatic carbocycles.